The number of nitrogens with one attached hydrogen (secondary N) is 1. The number of benzene rings is 1. The van der Waals surface area contributed by atoms with Crippen LogP contribution in [-0.2, 0) is 6.54 Å². The van der Waals surface area contributed by atoms with E-state index in [9.17, 15) is 0 Å². The maximum atomic E-state index is 6.37. The smallest absolute Gasteiger partial charge is 0.166 e. The number of ether oxygens (including phenoxy) is 2. The van der Waals surface area contributed by atoms with Crippen LogP contribution in [0.3, 0.4) is 0 Å². The molecular formula is C23H34ClNO2. The van der Waals surface area contributed by atoms with E-state index in [1.807, 2.05) is 26.0 Å². The zero-order chi connectivity index (χ0) is 19.4. The topological polar surface area (TPSA) is 30.5 Å². The van der Waals surface area contributed by atoms with E-state index < -0.39 is 0 Å². The molecule has 3 nitrogen and oxygen atoms in total. The molecule has 150 valence electrons. The van der Waals surface area contributed by atoms with Crippen LogP contribution in [0.1, 0.15) is 71.8 Å². The van der Waals surface area contributed by atoms with Crippen LogP contribution in [0.2, 0.25) is 5.02 Å². The van der Waals surface area contributed by atoms with Crippen molar-refractivity contribution in [1.29, 1.82) is 0 Å². The minimum Gasteiger partial charge on any atom is -0.493 e. The summed E-state index contributed by atoms with van der Waals surface area (Å²) in [6.45, 7) is 9.90. The molecule has 2 unspecified atom stereocenters. The molecule has 5 rings (SSSR count). The molecule has 0 heterocycles. The van der Waals surface area contributed by atoms with E-state index in [1.54, 1.807) is 7.11 Å². The monoisotopic (exact) mass is 391 g/mol. The first-order valence-electron chi connectivity index (χ1n) is 10.4. The zero-order valence-electron chi connectivity index (χ0n) is 17.5. The highest BCUT2D eigenvalue weighted by atomic mass is 35.5. The van der Waals surface area contributed by atoms with Gasteiger partial charge in [0.05, 0.1) is 13.2 Å². The van der Waals surface area contributed by atoms with Gasteiger partial charge in [0.15, 0.2) is 11.5 Å². The predicted octanol–water partition coefficient (Wildman–Crippen LogP) is 5.97. The molecule has 0 saturated heterocycles. The highest BCUT2D eigenvalue weighted by Crippen LogP contribution is 2.66. The summed E-state index contributed by atoms with van der Waals surface area (Å²) in [6, 6.07) is 3.87. The van der Waals surface area contributed by atoms with E-state index >= 15 is 0 Å². The van der Waals surface area contributed by atoms with Crippen LogP contribution in [0.15, 0.2) is 12.1 Å². The van der Waals surface area contributed by atoms with Crippen molar-refractivity contribution in [2.75, 3.05) is 7.11 Å². The minimum atomic E-state index is 0.0937. The number of hydrogen-bond acceptors (Lipinski definition) is 3. The Kier molecular flexibility index (Phi) is 4.71. The Morgan fingerprint density at radius 3 is 2.33 bits per heavy atom. The normalized spacial score (nSPS) is 37.1. The van der Waals surface area contributed by atoms with Crippen molar-refractivity contribution in [2.24, 2.45) is 16.7 Å². The Hall–Kier alpha value is -0.930. The number of methoxy groups -OCH3 is 1. The molecule has 4 fully saturated rings. The van der Waals surface area contributed by atoms with Gasteiger partial charge >= 0.3 is 0 Å². The molecule has 0 aliphatic heterocycles. The average Bonchev–Trinajstić information content (AvgIpc) is 2.50. The van der Waals surface area contributed by atoms with Gasteiger partial charge in [-0.3, -0.25) is 0 Å². The number of hydrogen-bond donors (Lipinski definition) is 1. The Labute approximate surface area is 169 Å². The summed E-state index contributed by atoms with van der Waals surface area (Å²) in [7, 11) is 1.68. The third-order valence-corrected chi connectivity index (χ3v) is 7.17. The molecule has 0 spiro atoms. The van der Waals surface area contributed by atoms with E-state index in [1.165, 1.54) is 38.5 Å². The molecule has 4 aliphatic carbocycles. The SMILES string of the molecule is COc1cc(Cl)cc(CNC23CC4CC(C)(CC(C)(C4)C2)C3)c1OC(C)C. The van der Waals surface area contributed by atoms with Crippen molar-refractivity contribution >= 4 is 11.6 Å². The number of rotatable bonds is 6. The molecule has 4 saturated carbocycles. The summed E-state index contributed by atoms with van der Waals surface area (Å²) in [5.41, 5.74) is 2.36. The van der Waals surface area contributed by atoms with Crippen LogP contribution in [0, 0.1) is 16.7 Å². The minimum absolute atomic E-state index is 0.0937. The summed E-state index contributed by atoms with van der Waals surface area (Å²) in [6.07, 6.45) is 8.23. The quantitative estimate of drug-likeness (QED) is 0.647. The lowest BCUT2D eigenvalue weighted by molar-refractivity contribution is -0.118. The van der Waals surface area contributed by atoms with Crippen molar-refractivity contribution in [3.05, 3.63) is 22.7 Å². The van der Waals surface area contributed by atoms with Crippen LogP contribution in [-0.4, -0.2) is 18.8 Å². The highest BCUT2D eigenvalue weighted by Gasteiger charge is 2.59. The first-order valence-corrected chi connectivity index (χ1v) is 10.8. The standard InChI is InChI=1S/C23H34ClNO2/c1-15(2)27-20-17(6-18(24)7-19(20)26-5)11-25-23-10-16-8-21(3,13-23)12-22(4,9-16)14-23/h6-7,15-16,25H,8-14H2,1-5H3. The molecule has 4 aliphatic rings. The van der Waals surface area contributed by atoms with E-state index in [4.69, 9.17) is 21.1 Å². The summed E-state index contributed by atoms with van der Waals surface area (Å²) in [5, 5.41) is 4.69. The lowest BCUT2D eigenvalue weighted by Crippen LogP contribution is -2.63. The number of halogens is 1. The van der Waals surface area contributed by atoms with Crippen molar-refractivity contribution in [1.82, 2.24) is 5.32 Å². The van der Waals surface area contributed by atoms with Crippen LogP contribution in [0.25, 0.3) is 0 Å². The second-order valence-electron chi connectivity index (χ2n) is 10.5. The second-order valence-corrected chi connectivity index (χ2v) is 11.0. The van der Waals surface area contributed by atoms with Crippen LogP contribution in [0.4, 0.5) is 0 Å². The van der Waals surface area contributed by atoms with Crippen LogP contribution < -0.4 is 14.8 Å². The van der Waals surface area contributed by atoms with Gasteiger partial charge in [0.1, 0.15) is 0 Å². The molecule has 0 aromatic heterocycles. The predicted molar refractivity (Wildman–Crippen MR) is 111 cm³/mol. The van der Waals surface area contributed by atoms with Gasteiger partial charge in [-0.1, -0.05) is 25.4 Å². The van der Waals surface area contributed by atoms with E-state index in [0.717, 1.165) is 29.5 Å². The van der Waals surface area contributed by atoms with E-state index in [-0.39, 0.29) is 11.6 Å². The van der Waals surface area contributed by atoms with Gasteiger partial charge in [-0.25, -0.2) is 0 Å². The van der Waals surface area contributed by atoms with Crippen molar-refractivity contribution < 1.29 is 9.47 Å². The second kappa shape index (κ2) is 6.56. The molecule has 1 N–H and O–H groups in total. The maximum absolute atomic E-state index is 6.37. The Balaban J connectivity index is 1.59. The Morgan fingerprint density at radius 1 is 1.11 bits per heavy atom. The zero-order valence-corrected chi connectivity index (χ0v) is 18.2. The first kappa shape index (κ1) is 19.4. The lowest BCUT2D eigenvalue weighted by Gasteiger charge is -2.65. The van der Waals surface area contributed by atoms with Gasteiger partial charge in [0.2, 0.25) is 0 Å². The Morgan fingerprint density at radius 2 is 1.78 bits per heavy atom. The molecule has 1 aromatic rings. The molecule has 4 bridgehead atoms. The molecule has 2 atom stereocenters. The van der Waals surface area contributed by atoms with Crippen molar-refractivity contribution in [3.63, 3.8) is 0 Å². The maximum Gasteiger partial charge on any atom is 0.166 e. The van der Waals surface area contributed by atoms with Crippen molar-refractivity contribution in [3.8, 4) is 11.5 Å². The van der Waals surface area contributed by atoms with Gasteiger partial charge in [-0.05, 0) is 75.2 Å². The van der Waals surface area contributed by atoms with Crippen molar-refractivity contribution in [2.45, 2.75) is 84.4 Å². The molecule has 27 heavy (non-hydrogen) atoms. The van der Waals surface area contributed by atoms with Gasteiger partial charge in [-0.15, -0.1) is 0 Å². The Bertz CT molecular complexity index is 713. The highest BCUT2D eigenvalue weighted by molar-refractivity contribution is 6.30. The fraction of sp³-hybridized carbons (Fsp3) is 0.739. The lowest BCUT2D eigenvalue weighted by atomic mass is 9.43. The van der Waals surface area contributed by atoms with E-state index in [0.29, 0.717) is 15.9 Å². The average molecular weight is 392 g/mol. The van der Waals surface area contributed by atoms with Gasteiger partial charge < -0.3 is 14.8 Å². The summed E-state index contributed by atoms with van der Waals surface area (Å²) >= 11 is 6.37. The summed E-state index contributed by atoms with van der Waals surface area (Å²) in [5.74, 6) is 2.42. The van der Waals surface area contributed by atoms with Gasteiger partial charge in [0, 0.05) is 28.7 Å². The summed E-state index contributed by atoms with van der Waals surface area (Å²) in [4.78, 5) is 0. The van der Waals surface area contributed by atoms with Gasteiger partial charge in [0.25, 0.3) is 0 Å². The third kappa shape index (κ3) is 3.70. The largest absolute Gasteiger partial charge is 0.493 e. The molecule has 4 heteroatoms. The molecule has 0 amide bonds. The fourth-order valence-corrected chi connectivity index (χ4v) is 7.43. The first-order chi connectivity index (χ1) is 12.6. The fourth-order valence-electron chi connectivity index (χ4n) is 7.20. The summed E-state index contributed by atoms with van der Waals surface area (Å²) < 4.78 is 11.7. The third-order valence-electron chi connectivity index (χ3n) is 6.95. The molecule has 0 radical (unpaired) electrons. The van der Waals surface area contributed by atoms with Crippen LogP contribution >= 0.6 is 11.6 Å². The molecule has 1 aromatic carbocycles. The van der Waals surface area contributed by atoms with E-state index in [2.05, 4.69) is 19.2 Å². The van der Waals surface area contributed by atoms with Crippen LogP contribution in [0.5, 0.6) is 11.5 Å². The molecular weight excluding hydrogens is 358 g/mol. The van der Waals surface area contributed by atoms with Gasteiger partial charge in [-0.2, -0.15) is 0 Å².